The Hall–Kier alpha value is -4.60. The first-order chi connectivity index (χ1) is 18.8. The van der Waals surface area contributed by atoms with E-state index in [1.165, 1.54) is 25.6 Å². The number of hydrogen-bond donors (Lipinski definition) is 0. The highest BCUT2D eigenvalue weighted by Crippen LogP contribution is 2.44. The van der Waals surface area contributed by atoms with E-state index >= 15 is 0 Å². The van der Waals surface area contributed by atoms with E-state index in [1.54, 1.807) is 47.2 Å². The molecule has 0 bridgehead atoms. The molecule has 1 aliphatic carbocycles. The van der Waals surface area contributed by atoms with Crippen LogP contribution in [0, 0.1) is 0 Å². The molecular formula is C29H22F3N5O2. The lowest BCUT2D eigenvalue weighted by Crippen LogP contribution is -2.21. The van der Waals surface area contributed by atoms with Gasteiger partial charge in [-0.25, -0.2) is 19.9 Å². The molecular weight excluding hydrogens is 507 g/mol. The number of aromatic nitrogens is 5. The van der Waals surface area contributed by atoms with E-state index in [2.05, 4.69) is 15.0 Å². The smallest absolute Gasteiger partial charge is 0.416 e. The summed E-state index contributed by atoms with van der Waals surface area (Å²) in [7, 11) is 1.53. The zero-order valence-electron chi connectivity index (χ0n) is 20.8. The Kier molecular flexibility index (Phi) is 6.09. The standard InChI is InChI=1S/C29H22F3N5O2/c1-39-28-24(25(19-9-10-19)34-16-35-28)26-33-14-21-11-12-23(38)37(27(21)36-26)15-17-5-7-18(8-6-17)20-3-2-4-22(13-20)29(30,31)32/h2-8,11-14,16,19H,9-10,15H2,1H3. The van der Waals surface area contributed by atoms with E-state index in [4.69, 9.17) is 9.72 Å². The molecule has 0 aliphatic heterocycles. The Bertz CT molecular complexity index is 1750. The molecule has 2 aromatic carbocycles. The fraction of sp³-hybridized carbons (Fsp3) is 0.207. The van der Waals surface area contributed by atoms with Gasteiger partial charge in [-0.3, -0.25) is 9.36 Å². The van der Waals surface area contributed by atoms with E-state index in [0.29, 0.717) is 45.3 Å². The van der Waals surface area contributed by atoms with Gasteiger partial charge >= 0.3 is 6.18 Å². The van der Waals surface area contributed by atoms with Crippen molar-refractivity contribution in [3.63, 3.8) is 0 Å². The summed E-state index contributed by atoms with van der Waals surface area (Å²) in [6, 6.07) is 15.4. The van der Waals surface area contributed by atoms with Crippen LogP contribution in [0.5, 0.6) is 5.88 Å². The second kappa shape index (κ2) is 9.61. The predicted octanol–water partition coefficient (Wildman–Crippen LogP) is 5.87. The van der Waals surface area contributed by atoms with Gasteiger partial charge in [-0.1, -0.05) is 36.4 Å². The van der Waals surface area contributed by atoms with Crippen molar-refractivity contribution >= 4 is 11.0 Å². The van der Waals surface area contributed by atoms with Crippen LogP contribution in [0.2, 0.25) is 0 Å². The molecule has 0 amide bonds. The minimum atomic E-state index is -4.42. The SMILES string of the molecule is COc1ncnc(C2CC2)c1-c1ncc2ccc(=O)n(Cc3ccc(-c4cccc(C(F)(F)F)c4)cc3)c2n1. The minimum absolute atomic E-state index is 0.216. The number of fused-ring (bicyclic) bond motifs is 1. The summed E-state index contributed by atoms with van der Waals surface area (Å²) in [6.45, 7) is 0.216. The summed E-state index contributed by atoms with van der Waals surface area (Å²) < 4.78 is 46.5. The van der Waals surface area contributed by atoms with Gasteiger partial charge in [-0.2, -0.15) is 13.2 Å². The number of alkyl halides is 3. The lowest BCUT2D eigenvalue weighted by atomic mass is 10.0. The van der Waals surface area contributed by atoms with Crippen LogP contribution in [0.15, 0.2) is 78.0 Å². The molecule has 0 spiro atoms. The largest absolute Gasteiger partial charge is 0.480 e. The highest BCUT2D eigenvalue weighted by atomic mass is 19.4. The Morgan fingerprint density at radius 2 is 1.77 bits per heavy atom. The lowest BCUT2D eigenvalue weighted by molar-refractivity contribution is -0.137. The third-order valence-corrected chi connectivity index (χ3v) is 6.76. The lowest BCUT2D eigenvalue weighted by Gasteiger charge is -2.13. The van der Waals surface area contributed by atoms with Crippen LogP contribution in [-0.4, -0.2) is 31.6 Å². The minimum Gasteiger partial charge on any atom is -0.480 e. The molecule has 0 unspecified atom stereocenters. The molecule has 0 radical (unpaired) electrons. The molecule has 1 aliphatic rings. The van der Waals surface area contributed by atoms with Crippen LogP contribution < -0.4 is 10.3 Å². The Morgan fingerprint density at radius 3 is 2.49 bits per heavy atom. The van der Waals surface area contributed by atoms with E-state index < -0.39 is 11.7 Å². The second-order valence-corrected chi connectivity index (χ2v) is 9.42. The van der Waals surface area contributed by atoms with Crippen molar-refractivity contribution in [2.45, 2.75) is 31.5 Å². The monoisotopic (exact) mass is 529 g/mol. The van der Waals surface area contributed by atoms with Gasteiger partial charge in [0, 0.05) is 23.6 Å². The van der Waals surface area contributed by atoms with Crippen molar-refractivity contribution in [2.24, 2.45) is 0 Å². The molecule has 3 heterocycles. The van der Waals surface area contributed by atoms with E-state index in [0.717, 1.165) is 36.2 Å². The fourth-order valence-electron chi connectivity index (χ4n) is 4.62. The maximum atomic E-state index is 13.1. The fourth-order valence-corrected chi connectivity index (χ4v) is 4.62. The molecule has 7 nitrogen and oxygen atoms in total. The third-order valence-electron chi connectivity index (χ3n) is 6.76. The molecule has 1 saturated carbocycles. The summed E-state index contributed by atoms with van der Waals surface area (Å²) >= 11 is 0. The van der Waals surface area contributed by atoms with Gasteiger partial charge in [0.15, 0.2) is 5.82 Å². The quantitative estimate of drug-likeness (QED) is 0.274. The number of rotatable bonds is 6. The second-order valence-electron chi connectivity index (χ2n) is 9.42. The number of benzene rings is 2. The zero-order chi connectivity index (χ0) is 27.1. The number of ether oxygens (including phenoxy) is 1. The van der Waals surface area contributed by atoms with Gasteiger partial charge in [0.2, 0.25) is 5.88 Å². The number of nitrogens with zero attached hydrogens (tertiary/aromatic N) is 5. The number of hydrogen-bond acceptors (Lipinski definition) is 6. The van der Waals surface area contributed by atoms with Crippen molar-refractivity contribution in [3.05, 3.63) is 100 Å². The molecule has 0 N–H and O–H groups in total. The summed E-state index contributed by atoms with van der Waals surface area (Å²) in [6.07, 6.45) is 0.745. The van der Waals surface area contributed by atoms with E-state index in [9.17, 15) is 18.0 Å². The summed E-state index contributed by atoms with van der Waals surface area (Å²) in [5.41, 5.74) is 2.85. The highest BCUT2D eigenvalue weighted by Gasteiger charge is 2.32. The molecule has 10 heteroatoms. The van der Waals surface area contributed by atoms with Gasteiger partial charge in [0.1, 0.15) is 17.5 Å². The van der Waals surface area contributed by atoms with Crippen molar-refractivity contribution in [1.82, 2.24) is 24.5 Å². The van der Waals surface area contributed by atoms with Crippen molar-refractivity contribution in [3.8, 4) is 28.4 Å². The van der Waals surface area contributed by atoms with E-state index in [-0.39, 0.29) is 12.1 Å². The Morgan fingerprint density at radius 1 is 0.974 bits per heavy atom. The van der Waals surface area contributed by atoms with Gasteiger partial charge in [0.05, 0.1) is 24.9 Å². The average Bonchev–Trinajstić information content (AvgIpc) is 3.80. The van der Waals surface area contributed by atoms with Crippen molar-refractivity contribution in [1.29, 1.82) is 0 Å². The van der Waals surface area contributed by atoms with Gasteiger partial charge in [-0.15, -0.1) is 0 Å². The molecule has 196 valence electrons. The highest BCUT2D eigenvalue weighted by molar-refractivity contribution is 5.78. The number of pyridine rings is 1. The van der Waals surface area contributed by atoms with Crippen LogP contribution in [0.3, 0.4) is 0 Å². The maximum absolute atomic E-state index is 13.1. The summed E-state index contributed by atoms with van der Waals surface area (Å²) in [5.74, 6) is 1.05. The zero-order valence-corrected chi connectivity index (χ0v) is 20.8. The molecule has 5 aromatic rings. The van der Waals surface area contributed by atoms with Crippen LogP contribution in [0.4, 0.5) is 13.2 Å². The first-order valence-corrected chi connectivity index (χ1v) is 12.3. The normalized spacial score (nSPS) is 13.5. The maximum Gasteiger partial charge on any atom is 0.416 e. The topological polar surface area (TPSA) is 82.8 Å². The van der Waals surface area contributed by atoms with Crippen LogP contribution >= 0.6 is 0 Å². The molecule has 39 heavy (non-hydrogen) atoms. The predicted molar refractivity (Wildman–Crippen MR) is 139 cm³/mol. The van der Waals surface area contributed by atoms with E-state index in [1.807, 2.05) is 0 Å². The first-order valence-electron chi connectivity index (χ1n) is 12.3. The average molecular weight is 530 g/mol. The Balaban J connectivity index is 1.37. The van der Waals surface area contributed by atoms with Crippen molar-refractivity contribution in [2.75, 3.05) is 7.11 Å². The summed E-state index contributed by atoms with van der Waals surface area (Å²) in [5, 5.41) is 0.683. The van der Waals surface area contributed by atoms with Crippen LogP contribution in [-0.2, 0) is 12.7 Å². The molecule has 1 fully saturated rings. The first kappa shape index (κ1) is 24.7. The molecule has 0 atom stereocenters. The number of halogens is 3. The van der Waals surface area contributed by atoms with Crippen LogP contribution in [0.1, 0.15) is 35.6 Å². The van der Waals surface area contributed by atoms with Gasteiger partial charge < -0.3 is 4.74 Å². The Labute approximate surface area is 221 Å². The molecule has 3 aromatic heterocycles. The van der Waals surface area contributed by atoms with Crippen LogP contribution in [0.25, 0.3) is 33.5 Å². The van der Waals surface area contributed by atoms with Gasteiger partial charge in [-0.05, 0) is 47.7 Å². The van der Waals surface area contributed by atoms with Gasteiger partial charge in [0.25, 0.3) is 5.56 Å². The third kappa shape index (κ3) is 4.85. The summed E-state index contributed by atoms with van der Waals surface area (Å²) in [4.78, 5) is 31.0. The molecule has 0 saturated heterocycles. The van der Waals surface area contributed by atoms with Crippen molar-refractivity contribution < 1.29 is 17.9 Å². The number of methoxy groups -OCH3 is 1. The molecule has 6 rings (SSSR count).